The third-order valence-electron chi connectivity index (χ3n) is 3.85. The first-order valence-corrected chi connectivity index (χ1v) is 9.61. The van der Waals surface area contributed by atoms with E-state index in [9.17, 15) is 19.2 Å². The first-order chi connectivity index (χ1) is 13.3. The molecule has 0 spiro atoms. The molecule has 1 aliphatic heterocycles. The number of nitrogens with one attached hydrogen (secondary N) is 1. The Hall–Kier alpha value is -2.72. The third-order valence-corrected chi connectivity index (χ3v) is 5.22. The minimum absolute atomic E-state index is 0.0325. The number of aliphatic carboxylic acids is 1. The molecule has 0 bridgehead atoms. The molecular weight excluding hydrogens is 402 g/mol. The Kier molecular flexibility index (Phi) is 7.70. The quantitative estimate of drug-likeness (QED) is 0.402. The zero-order chi connectivity index (χ0) is 20.7. The van der Waals surface area contributed by atoms with Crippen LogP contribution in [0.2, 0.25) is 0 Å². The van der Waals surface area contributed by atoms with Crippen LogP contribution < -0.4 is 11.1 Å². The predicted octanol–water partition coefficient (Wildman–Crippen LogP) is 1.11. The normalized spacial score (nSPS) is 16.3. The standard InChI is InChI=1S/C18H19N3O5S2/c19-14(22)7-6-12(17(25)26)20-15(23)8-9-21-16(24)13(28-18(21)27)10-11-4-2-1-3-5-11/h1-5,10,12H,6-9H2,(H2,19,22)(H,20,23)(H,25,26). The Bertz CT molecular complexity index is 826. The number of carbonyl (C=O) groups excluding carboxylic acids is 3. The summed E-state index contributed by atoms with van der Waals surface area (Å²) in [5.41, 5.74) is 5.86. The van der Waals surface area contributed by atoms with Crippen molar-refractivity contribution in [1.82, 2.24) is 10.2 Å². The number of nitrogens with two attached hydrogens (primary N) is 1. The number of rotatable bonds is 9. The van der Waals surface area contributed by atoms with Gasteiger partial charge in [0.1, 0.15) is 10.4 Å². The van der Waals surface area contributed by atoms with Crippen LogP contribution in [0.1, 0.15) is 24.8 Å². The van der Waals surface area contributed by atoms with E-state index in [1.165, 1.54) is 4.90 Å². The monoisotopic (exact) mass is 421 g/mol. The molecule has 3 amide bonds. The minimum Gasteiger partial charge on any atom is -0.480 e. The summed E-state index contributed by atoms with van der Waals surface area (Å²) < 4.78 is 0.337. The van der Waals surface area contributed by atoms with E-state index >= 15 is 0 Å². The van der Waals surface area contributed by atoms with Gasteiger partial charge in [-0.3, -0.25) is 19.3 Å². The molecule has 1 heterocycles. The van der Waals surface area contributed by atoms with Gasteiger partial charge in [-0.15, -0.1) is 0 Å². The van der Waals surface area contributed by atoms with E-state index in [4.69, 9.17) is 23.1 Å². The average molecular weight is 422 g/mol. The van der Waals surface area contributed by atoms with Gasteiger partial charge >= 0.3 is 5.97 Å². The number of primary amides is 1. The van der Waals surface area contributed by atoms with Crippen LogP contribution in [0, 0.1) is 0 Å². The second-order valence-electron chi connectivity index (χ2n) is 5.96. The Morgan fingerprint density at radius 1 is 1.25 bits per heavy atom. The molecular formula is C18H19N3O5S2. The van der Waals surface area contributed by atoms with Gasteiger partial charge in [-0.25, -0.2) is 4.79 Å². The topological polar surface area (TPSA) is 130 Å². The second-order valence-corrected chi connectivity index (χ2v) is 7.63. The Labute approximate surface area is 171 Å². The molecule has 0 radical (unpaired) electrons. The van der Waals surface area contributed by atoms with Crippen LogP contribution in [0.4, 0.5) is 0 Å². The lowest BCUT2D eigenvalue weighted by atomic mass is 10.1. The van der Waals surface area contributed by atoms with Crippen LogP contribution in [0.5, 0.6) is 0 Å². The average Bonchev–Trinajstić information content (AvgIpc) is 2.90. The summed E-state index contributed by atoms with van der Waals surface area (Å²) >= 11 is 6.36. The summed E-state index contributed by atoms with van der Waals surface area (Å²) in [7, 11) is 0. The molecule has 1 fully saturated rings. The molecule has 2 rings (SSSR count). The maximum Gasteiger partial charge on any atom is 0.326 e. The van der Waals surface area contributed by atoms with Crippen LogP contribution in [0.15, 0.2) is 35.2 Å². The molecule has 0 aliphatic carbocycles. The summed E-state index contributed by atoms with van der Waals surface area (Å²) in [5, 5.41) is 11.4. The number of amides is 3. The van der Waals surface area contributed by atoms with Crippen LogP contribution in [-0.4, -0.2) is 50.6 Å². The van der Waals surface area contributed by atoms with Crippen LogP contribution in [0.25, 0.3) is 6.08 Å². The Balaban J connectivity index is 1.92. The zero-order valence-electron chi connectivity index (χ0n) is 14.8. The lowest BCUT2D eigenvalue weighted by Crippen LogP contribution is -2.42. The maximum absolute atomic E-state index is 12.5. The predicted molar refractivity (Wildman–Crippen MR) is 109 cm³/mol. The number of carboxylic acids is 1. The van der Waals surface area contributed by atoms with Crippen molar-refractivity contribution in [3.8, 4) is 0 Å². The van der Waals surface area contributed by atoms with Gasteiger partial charge in [-0.1, -0.05) is 54.3 Å². The van der Waals surface area contributed by atoms with Gasteiger partial charge in [0, 0.05) is 19.4 Å². The van der Waals surface area contributed by atoms with E-state index < -0.39 is 23.8 Å². The van der Waals surface area contributed by atoms with Crippen molar-refractivity contribution in [2.75, 3.05) is 6.54 Å². The molecule has 148 valence electrons. The molecule has 1 atom stereocenters. The highest BCUT2D eigenvalue weighted by atomic mass is 32.2. The molecule has 10 heteroatoms. The number of thioether (sulfide) groups is 1. The molecule has 4 N–H and O–H groups in total. The van der Waals surface area contributed by atoms with Crippen molar-refractivity contribution >= 4 is 58.1 Å². The lowest BCUT2D eigenvalue weighted by molar-refractivity contribution is -0.142. The number of nitrogens with zero attached hydrogens (tertiary/aromatic N) is 1. The fourth-order valence-electron chi connectivity index (χ4n) is 2.42. The summed E-state index contributed by atoms with van der Waals surface area (Å²) in [6.45, 7) is 0.0325. The van der Waals surface area contributed by atoms with Crippen molar-refractivity contribution in [2.24, 2.45) is 5.73 Å². The van der Waals surface area contributed by atoms with Gasteiger partial charge in [0.25, 0.3) is 5.91 Å². The third kappa shape index (κ3) is 6.17. The Morgan fingerprint density at radius 3 is 2.54 bits per heavy atom. The molecule has 1 unspecified atom stereocenters. The van der Waals surface area contributed by atoms with E-state index in [1.807, 2.05) is 30.3 Å². The number of carboxylic acid groups (broad SMARTS) is 1. The van der Waals surface area contributed by atoms with E-state index in [1.54, 1.807) is 6.08 Å². The molecule has 1 aromatic rings. The highest BCUT2D eigenvalue weighted by molar-refractivity contribution is 8.26. The number of hydrogen-bond donors (Lipinski definition) is 3. The van der Waals surface area contributed by atoms with Gasteiger partial charge in [0.2, 0.25) is 11.8 Å². The number of hydrogen-bond acceptors (Lipinski definition) is 6. The largest absolute Gasteiger partial charge is 0.480 e. The van der Waals surface area contributed by atoms with Gasteiger partial charge in [0.15, 0.2) is 0 Å². The molecule has 28 heavy (non-hydrogen) atoms. The SMILES string of the molecule is NC(=O)CCC(NC(=O)CCN1C(=O)C(=Cc2ccccc2)SC1=S)C(=O)O. The molecule has 1 aromatic carbocycles. The number of carbonyl (C=O) groups is 4. The highest BCUT2D eigenvalue weighted by Gasteiger charge is 2.32. The zero-order valence-corrected chi connectivity index (χ0v) is 16.4. The van der Waals surface area contributed by atoms with Crippen molar-refractivity contribution in [3.63, 3.8) is 0 Å². The van der Waals surface area contributed by atoms with E-state index in [0.717, 1.165) is 17.3 Å². The fraction of sp³-hybridized carbons (Fsp3) is 0.278. The maximum atomic E-state index is 12.5. The summed E-state index contributed by atoms with van der Waals surface area (Å²) in [6, 6.07) is 8.08. The van der Waals surface area contributed by atoms with E-state index in [0.29, 0.717) is 9.23 Å². The van der Waals surface area contributed by atoms with Crippen molar-refractivity contribution in [1.29, 1.82) is 0 Å². The van der Waals surface area contributed by atoms with E-state index in [2.05, 4.69) is 5.32 Å². The smallest absolute Gasteiger partial charge is 0.326 e. The van der Waals surface area contributed by atoms with Gasteiger partial charge < -0.3 is 16.2 Å². The number of thiocarbonyl (C=S) groups is 1. The first-order valence-electron chi connectivity index (χ1n) is 8.39. The molecule has 1 aliphatic rings. The van der Waals surface area contributed by atoms with Crippen LogP contribution in [-0.2, 0) is 19.2 Å². The van der Waals surface area contributed by atoms with Gasteiger partial charge in [-0.05, 0) is 18.1 Å². The number of benzene rings is 1. The van der Waals surface area contributed by atoms with Crippen LogP contribution in [0.3, 0.4) is 0 Å². The summed E-state index contributed by atoms with van der Waals surface area (Å²) in [4.78, 5) is 48.3. The minimum atomic E-state index is -1.26. The fourth-order valence-corrected chi connectivity index (χ4v) is 3.73. The molecule has 8 nitrogen and oxygen atoms in total. The molecule has 0 saturated carbocycles. The summed E-state index contributed by atoms with van der Waals surface area (Å²) in [6.07, 6.45) is 1.35. The highest BCUT2D eigenvalue weighted by Crippen LogP contribution is 2.32. The van der Waals surface area contributed by atoms with Gasteiger partial charge in [0.05, 0.1) is 4.91 Å². The van der Waals surface area contributed by atoms with Crippen molar-refractivity contribution in [3.05, 3.63) is 40.8 Å². The lowest BCUT2D eigenvalue weighted by Gasteiger charge is -2.16. The van der Waals surface area contributed by atoms with Crippen molar-refractivity contribution < 1.29 is 24.3 Å². The van der Waals surface area contributed by atoms with E-state index in [-0.39, 0.29) is 31.7 Å². The molecule has 0 aromatic heterocycles. The second kappa shape index (κ2) is 10.00. The van der Waals surface area contributed by atoms with Crippen LogP contribution >= 0.6 is 24.0 Å². The first kappa shape index (κ1) is 21.6. The summed E-state index contributed by atoms with van der Waals surface area (Å²) in [5.74, 6) is -2.76. The van der Waals surface area contributed by atoms with Gasteiger partial charge in [-0.2, -0.15) is 0 Å². The molecule has 1 saturated heterocycles. The Morgan fingerprint density at radius 2 is 1.93 bits per heavy atom. The van der Waals surface area contributed by atoms with Crippen molar-refractivity contribution in [2.45, 2.75) is 25.3 Å².